The lowest BCUT2D eigenvalue weighted by atomic mass is 10.2. The summed E-state index contributed by atoms with van der Waals surface area (Å²) in [5.41, 5.74) is 0. The van der Waals surface area contributed by atoms with E-state index in [1.165, 1.54) is 0 Å². The number of carbonyl (C=O) groups is 1. The second-order valence-electron chi connectivity index (χ2n) is 4.80. The van der Waals surface area contributed by atoms with Gasteiger partial charge in [0, 0.05) is 7.05 Å². The Kier molecular flexibility index (Phi) is 4.60. The summed E-state index contributed by atoms with van der Waals surface area (Å²) in [6.45, 7) is 11.1. The Bertz CT molecular complexity index is 199. The number of amides is 2. The van der Waals surface area contributed by atoms with Crippen LogP contribution in [0.2, 0.25) is 18.1 Å². The molecule has 0 aromatic carbocycles. The van der Waals surface area contributed by atoms with Gasteiger partial charge in [0.05, 0.1) is 0 Å². The van der Waals surface area contributed by atoms with Crippen molar-refractivity contribution in [2.24, 2.45) is 0 Å². The quantitative estimate of drug-likeness (QED) is 0.561. The Morgan fingerprint density at radius 2 is 1.86 bits per heavy atom. The van der Waals surface area contributed by atoms with Crippen molar-refractivity contribution in [3.05, 3.63) is 0 Å². The summed E-state index contributed by atoms with van der Waals surface area (Å²) in [6, 6.07) is -0.205. The van der Waals surface area contributed by atoms with Gasteiger partial charge in [0.1, 0.15) is 6.73 Å². The minimum absolute atomic E-state index is 0.178. The van der Waals surface area contributed by atoms with E-state index in [0.29, 0.717) is 0 Å². The average molecular weight is 218 g/mol. The normalized spacial score (nSPS) is 12.4. The molecule has 0 atom stereocenters. The van der Waals surface area contributed by atoms with Crippen LogP contribution in [0.15, 0.2) is 0 Å². The maximum atomic E-state index is 10.9. The van der Waals surface area contributed by atoms with Crippen molar-refractivity contribution in [3.63, 3.8) is 0 Å². The summed E-state index contributed by atoms with van der Waals surface area (Å²) in [7, 11) is -0.142. The molecule has 0 aromatic rings. The highest BCUT2D eigenvalue weighted by Gasteiger charge is 2.37. The molecule has 2 amide bonds. The highest BCUT2D eigenvalue weighted by atomic mass is 28.4. The molecular weight excluding hydrogens is 196 g/mol. The van der Waals surface area contributed by atoms with Gasteiger partial charge in [-0.05, 0) is 18.1 Å². The van der Waals surface area contributed by atoms with Crippen molar-refractivity contribution in [2.75, 3.05) is 13.8 Å². The highest BCUT2D eigenvalue weighted by Crippen LogP contribution is 2.36. The van der Waals surface area contributed by atoms with E-state index in [-0.39, 0.29) is 17.8 Å². The number of hydrogen-bond donors (Lipinski definition) is 2. The Hall–Kier alpha value is -0.553. The van der Waals surface area contributed by atoms with Crippen molar-refractivity contribution in [3.8, 4) is 0 Å². The van der Waals surface area contributed by atoms with Crippen molar-refractivity contribution >= 4 is 14.3 Å². The molecule has 0 radical (unpaired) electrons. The Morgan fingerprint density at radius 3 is 2.21 bits per heavy atom. The number of hydrogen-bond acceptors (Lipinski definition) is 2. The van der Waals surface area contributed by atoms with Crippen LogP contribution in [0, 0.1) is 0 Å². The van der Waals surface area contributed by atoms with E-state index < -0.39 is 8.32 Å². The first kappa shape index (κ1) is 13.4. The van der Waals surface area contributed by atoms with Crippen LogP contribution in [0.5, 0.6) is 0 Å². The molecule has 0 heterocycles. The molecule has 5 heteroatoms. The van der Waals surface area contributed by atoms with Gasteiger partial charge in [0.2, 0.25) is 0 Å². The molecule has 0 aliphatic rings. The highest BCUT2D eigenvalue weighted by molar-refractivity contribution is 6.74. The molecule has 0 bridgehead atoms. The molecule has 0 aliphatic carbocycles. The van der Waals surface area contributed by atoms with Crippen molar-refractivity contribution in [1.29, 1.82) is 0 Å². The van der Waals surface area contributed by atoms with Crippen LogP contribution < -0.4 is 10.6 Å². The van der Waals surface area contributed by atoms with Gasteiger partial charge >= 0.3 is 6.03 Å². The third kappa shape index (κ3) is 4.10. The first-order valence-electron chi connectivity index (χ1n) is 4.80. The average Bonchev–Trinajstić information content (AvgIpc) is 2.01. The van der Waals surface area contributed by atoms with Gasteiger partial charge in [0.15, 0.2) is 8.32 Å². The van der Waals surface area contributed by atoms with Gasteiger partial charge in [0.25, 0.3) is 0 Å². The zero-order valence-electron chi connectivity index (χ0n) is 10.0. The van der Waals surface area contributed by atoms with Gasteiger partial charge in [-0.3, -0.25) is 0 Å². The molecule has 0 aliphatic heterocycles. The van der Waals surface area contributed by atoms with Crippen LogP contribution in [0.3, 0.4) is 0 Å². The third-order valence-corrected chi connectivity index (χ3v) is 7.18. The van der Waals surface area contributed by atoms with Crippen molar-refractivity contribution in [2.45, 2.75) is 38.9 Å². The molecule has 0 aromatic heterocycles. The molecule has 0 saturated heterocycles. The van der Waals surface area contributed by atoms with E-state index in [1.54, 1.807) is 7.05 Å². The first-order chi connectivity index (χ1) is 6.20. The predicted molar refractivity (Wildman–Crippen MR) is 60.7 cm³/mol. The predicted octanol–water partition coefficient (Wildman–Crippen LogP) is 1.89. The van der Waals surface area contributed by atoms with E-state index in [2.05, 4.69) is 44.5 Å². The smallest absolute Gasteiger partial charge is 0.316 e. The fourth-order valence-electron chi connectivity index (χ4n) is 0.587. The maximum absolute atomic E-state index is 10.9. The summed E-state index contributed by atoms with van der Waals surface area (Å²) in [5.74, 6) is 0. The van der Waals surface area contributed by atoms with Crippen molar-refractivity contribution < 1.29 is 9.22 Å². The van der Waals surface area contributed by atoms with Crippen LogP contribution in [0.1, 0.15) is 20.8 Å². The lowest BCUT2D eigenvalue weighted by Gasteiger charge is -2.36. The first-order valence-corrected chi connectivity index (χ1v) is 7.71. The standard InChI is InChI=1S/C9H22N2O2Si/c1-9(2,3)14(5,6)13-7-11-8(12)10-4/h7H2,1-6H3,(H2,10,11,12). The largest absolute Gasteiger partial charge is 0.400 e. The van der Waals surface area contributed by atoms with Gasteiger partial charge in [-0.1, -0.05) is 20.8 Å². The van der Waals surface area contributed by atoms with Gasteiger partial charge in [-0.25, -0.2) is 4.79 Å². The monoisotopic (exact) mass is 218 g/mol. The SMILES string of the molecule is CNC(=O)NCO[Si](C)(C)C(C)(C)C. The number of rotatable bonds is 3. The lowest BCUT2D eigenvalue weighted by molar-refractivity contribution is 0.220. The Labute approximate surface area is 87.5 Å². The van der Waals surface area contributed by atoms with E-state index in [4.69, 9.17) is 4.43 Å². The van der Waals surface area contributed by atoms with Gasteiger partial charge < -0.3 is 15.1 Å². The summed E-state index contributed by atoms with van der Waals surface area (Å²) < 4.78 is 5.73. The number of urea groups is 1. The molecular formula is C9H22N2O2Si. The molecule has 0 spiro atoms. The minimum atomic E-state index is -1.73. The molecule has 2 N–H and O–H groups in total. The fourth-order valence-corrected chi connectivity index (χ4v) is 1.45. The van der Waals surface area contributed by atoms with Crippen LogP contribution in [-0.4, -0.2) is 28.1 Å². The Morgan fingerprint density at radius 1 is 1.36 bits per heavy atom. The number of nitrogens with one attached hydrogen (secondary N) is 2. The van der Waals surface area contributed by atoms with Crippen LogP contribution in [-0.2, 0) is 4.43 Å². The van der Waals surface area contributed by atoms with E-state index >= 15 is 0 Å². The summed E-state index contributed by atoms with van der Waals surface area (Å²) in [5, 5.41) is 5.28. The van der Waals surface area contributed by atoms with E-state index in [0.717, 1.165) is 0 Å². The van der Waals surface area contributed by atoms with E-state index in [9.17, 15) is 4.79 Å². The summed E-state index contributed by atoms with van der Waals surface area (Å²) in [6.07, 6.45) is 0. The second kappa shape index (κ2) is 4.79. The molecule has 0 unspecified atom stereocenters. The zero-order valence-corrected chi connectivity index (χ0v) is 11.0. The summed E-state index contributed by atoms with van der Waals surface area (Å²) in [4.78, 5) is 10.9. The fraction of sp³-hybridized carbons (Fsp3) is 0.889. The van der Waals surface area contributed by atoms with Gasteiger partial charge in [-0.15, -0.1) is 0 Å². The molecule has 0 saturated carbocycles. The summed E-state index contributed by atoms with van der Waals surface area (Å²) >= 11 is 0. The maximum Gasteiger partial charge on any atom is 0.316 e. The molecule has 0 rings (SSSR count). The third-order valence-electron chi connectivity index (χ3n) is 2.70. The van der Waals surface area contributed by atoms with Crippen LogP contribution >= 0.6 is 0 Å². The van der Waals surface area contributed by atoms with Gasteiger partial charge in [-0.2, -0.15) is 0 Å². The zero-order chi connectivity index (χ0) is 11.4. The van der Waals surface area contributed by atoms with Crippen LogP contribution in [0.25, 0.3) is 0 Å². The Balaban J connectivity index is 3.95. The van der Waals surface area contributed by atoms with Crippen LogP contribution in [0.4, 0.5) is 4.79 Å². The lowest BCUT2D eigenvalue weighted by Crippen LogP contribution is -2.45. The molecule has 4 nitrogen and oxygen atoms in total. The molecule has 84 valence electrons. The second-order valence-corrected chi connectivity index (χ2v) is 9.61. The molecule has 14 heavy (non-hydrogen) atoms. The topological polar surface area (TPSA) is 50.4 Å². The number of carbonyl (C=O) groups excluding carboxylic acids is 1. The molecule has 0 fully saturated rings. The van der Waals surface area contributed by atoms with Crippen molar-refractivity contribution in [1.82, 2.24) is 10.6 Å². The van der Waals surface area contributed by atoms with E-state index in [1.807, 2.05) is 0 Å². The minimum Gasteiger partial charge on any atom is -0.400 e.